The minimum atomic E-state index is 0. The van der Waals surface area contributed by atoms with Gasteiger partial charge in [0.15, 0.2) is 11.5 Å². The Morgan fingerprint density at radius 1 is 1.35 bits per heavy atom. The van der Waals surface area contributed by atoms with Crippen molar-refractivity contribution in [1.29, 1.82) is 0 Å². The molecular formula is C13H20ClNO2. The maximum atomic E-state index is 5.58. The van der Waals surface area contributed by atoms with Crippen molar-refractivity contribution in [2.45, 2.75) is 25.8 Å². The fourth-order valence-electron chi connectivity index (χ4n) is 2.15. The van der Waals surface area contributed by atoms with Gasteiger partial charge in [-0.25, -0.2) is 0 Å². The van der Waals surface area contributed by atoms with E-state index in [1.807, 2.05) is 13.0 Å². The molecule has 1 aliphatic heterocycles. The Bertz CT molecular complexity index is 351. The van der Waals surface area contributed by atoms with E-state index >= 15 is 0 Å². The minimum absolute atomic E-state index is 0. The SMILES string of the molecule is CCOc1cc([C@H]2CCCN2)ccc1OC.Cl. The summed E-state index contributed by atoms with van der Waals surface area (Å²) in [6.07, 6.45) is 2.46. The first-order valence-electron chi connectivity index (χ1n) is 5.89. The van der Waals surface area contributed by atoms with Crippen LogP contribution in [0.2, 0.25) is 0 Å². The molecular weight excluding hydrogens is 238 g/mol. The molecule has 0 unspecified atom stereocenters. The highest BCUT2D eigenvalue weighted by Gasteiger charge is 2.17. The fourth-order valence-corrected chi connectivity index (χ4v) is 2.15. The van der Waals surface area contributed by atoms with Crippen LogP contribution in [0.25, 0.3) is 0 Å². The summed E-state index contributed by atoms with van der Waals surface area (Å²) in [4.78, 5) is 0. The van der Waals surface area contributed by atoms with E-state index in [-0.39, 0.29) is 12.4 Å². The predicted octanol–water partition coefficient (Wildman–Crippen LogP) is 2.94. The summed E-state index contributed by atoms with van der Waals surface area (Å²) in [7, 11) is 1.67. The highest BCUT2D eigenvalue weighted by molar-refractivity contribution is 5.85. The highest BCUT2D eigenvalue weighted by Crippen LogP contribution is 2.32. The Hall–Kier alpha value is -0.930. The first kappa shape index (κ1) is 14.1. The number of halogens is 1. The lowest BCUT2D eigenvalue weighted by molar-refractivity contribution is 0.310. The standard InChI is InChI=1S/C13H19NO2.ClH/c1-3-16-13-9-10(6-7-12(13)15-2)11-5-4-8-14-11;/h6-7,9,11,14H,3-5,8H2,1-2H3;1H/t11-;/m1./s1. The van der Waals surface area contributed by atoms with E-state index in [2.05, 4.69) is 17.4 Å². The normalized spacial score (nSPS) is 18.6. The van der Waals surface area contributed by atoms with Crippen LogP contribution >= 0.6 is 12.4 Å². The second kappa shape index (κ2) is 6.72. The van der Waals surface area contributed by atoms with Gasteiger partial charge in [-0.05, 0) is 44.0 Å². The zero-order valence-electron chi connectivity index (χ0n) is 10.4. The zero-order valence-corrected chi connectivity index (χ0v) is 11.2. The van der Waals surface area contributed by atoms with Crippen molar-refractivity contribution >= 4 is 12.4 Å². The van der Waals surface area contributed by atoms with Crippen LogP contribution in [0, 0.1) is 0 Å². The van der Waals surface area contributed by atoms with E-state index in [1.165, 1.54) is 18.4 Å². The van der Waals surface area contributed by atoms with Crippen LogP contribution < -0.4 is 14.8 Å². The molecule has 0 spiro atoms. The largest absolute Gasteiger partial charge is 0.493 e. The van der Waals surface area contributed by atoms with Crippen molar-refractivity contribution in [2.24, 2.45) is 0 Å². The van der Waals surface area contributed by atoms with E-state index in [0.717, 1.165) is 18.0 Å². The third-order valence-corrected chi connectivity index (χ3v) is 2.95. The third-order valence-electron chi connectivity index (χ3n) is 2.95. The van der Waals surface area contributed by atoms with Gasteiger partial charge in [-0.3, -0.25) is 0 Å². The lowest BCUT2D eigenvalue weighted by atomic mass is 10.0. The van der Waals surface area contributed by atoms with Crippen LogP contribution in [0.15, 0.2) is 18.2 Å². The molecule has 0 aliphatic carbocycles. The fraction of sp³-hybridized carbons (Fsp3) is 0.538. The molecule has 1 aliphatic rings. The van der Waals surface area contributed by atoms with Crippen molar-refractivity contribution in [1.82, 2.24) is 5.32 Å². The molecule has 1 aromatic rings. The smallest absolute Gasteiger partial charge is 0.161 e. The van der Waals surface area contributed by atoms with E-state index in [9.17, 15) is 0 Å². The second-order valence-corrected chi connectivity index (χ2v) is 3.99. The monoisotopic (exact) mass is 257 g/mol. The van der Waals surface area contributed by atoms with Gasteiger partial charge >= 0.3 is 0 Å². The van der Waals surface area contributed by atoms with Gasteiger partial charge in [-0.15, -0.1) is 12.4 Å². The molecule has 1 atom stereocenters. The lowest BCUT2D eigenvalue weighted by Gasteiger charge is -2.14. The van der Waals surface area contributed by atoms with Crippen LogP contribution in [0.4, 0.5) is 0 Å². The number of rotatable bonds is 4. The molecule has 3 nitrogen and oxygen atoms in total. The van der Waals surface area contributed by atoms with Crippen LogP contribution in [0.1, 0.15) is 31.4 Å². The Morgan fingerprint density at radius 3 is 2.76 bits per heavy atom. The van der Waals surface area contributed by atoms with Gasteiger partial charge in [0.1, 0.15) is 0 Å². The number of ether oxygens (including phenoxy) is 2. The van der Waals surface area contributed by atoms with Gasteiger partial charge in [0.25, 0.3) is 0 Å². The van der Waals surface area contributed by atoms with Crippen molar-refractivity contribution in [2.75, 3.05) is 20.3 Å². The molecule has 0 amide bonds. The minimum Gasteiger partial charge on any atom is -0.493 e. The van der Waals surface area contributed by atoms with Crippen LogP contribution in [-0.4, -0.2) is 20.3 Å². The Morgan fingerprint density at radius 2 is 2.18 bits per heavy atom. The summed E-state index contributed by atoms with van der Waals surface area (Å²) in [5.41, 5.74) is 1.29. The maximum Gasteiger partial charge on any atom is 0.161 e. The van der Waals surface area contributed by atoms with Gasteiger partial charge in [0, 0.05) is 6.04 Å². The van der Waals surface area contributed by atoms with Crippen LogP contribution in [0.3, 0.4) is 0 Å². The summed E-state index contributed by atoms with van der Waals surface area (Å²) in [6, 6.07) is 6.67. The molecule has 0 aromatic heterocycles. The average Bonchev–Trinajstić information content (AvgIpc) is 2.83. The van der Waals surface area contributed by atoms with Gasteiger partial charge in [-0.1, -0.05) is 6.07 Å². The highest BCUT2D eigenvalue weighted by atomic mass is 35.5. The number of nitrogens with one attached hydrogen (secondary N) is 1. The summed E-state index contributed by atoms with van der Waals surface area (Å²) in [6.45, 7) is 3.76. The van der Waals surface area contributed by atoms with E-state index in [1.54, 1.807) is 7.11 Å². The second-order valence-electron chi connectivity index (χ2n) is 3.99. The van der Waals surface area contributed by atoms with E-state index in [0.29, 0.717) is 12.6 Å². The predicted molar refractivity (Wildman–Crippen MR) is 71.4 cm³/mol. The third kappa shape index (κ3) is 3.27. The molecule has 1 N–H and O–H groups in total. The van der Waals surface area contributed by atoms with Crippen molar-refractivity contribution in [3.05, 3.63) is 23.8 Å². The molecule has 1 saturated heterocycles. The van der Waals surface area contributed by atoms with Crippen LogP contribution in [0.5, 0.6) is 11.5 Å². The van der Waals surface area contributed by atoms with E-state index in [4.69, 9.17) is 9.47 Å². The van der Waals surface area contributed by atoms with Crippen molar-refractivity contribution in [3.8, 4) is 11.5 Å². The molecule has 0 radical (unpaired) electrons. The number of benzene rings is 1. The summed E-state index contributed by atoms with van der Waals surface area (Å²) >= 11 is 0. The summed E-state index contributed by atoms with van der Waals surface area (Å²) in [5, 5.41) is 3.48. The first-order chi connectivity index (χ1) is 7.85. The Labute approximate surface area is 109 Å². The summed E-state index contributed by atoms with van der Waals surface area (Å²) in [5.74, 6) is 1.65. The number of hydrogen-bond acceptors (Lipinski definition) is 3. The maximum absolute atomic E-state index is 5.58. The molecule has 0 saturated carbocycles. The molecule has 2 rings (SSSR count). The Balaban J connectivity index is 0.00000144. The summed E-state index contributed by atoms with van der Waals surface area (Å²) < 4.78 is 10.8. The van der Waals surface area contributed by atoms with E-state index < -0.39 is 0 Å². The van der Waals surface area contributed by atoms with Crippen LogP contribution in [-0.2, 0) is 0 Å². The van der Waals surface area contributed by atoms with Gasteiger partial charge in [0.2, 0.25) is 0 Å². The van der Waals surface area contributed by atoms with Gasteiger partial charge in [-0.2, -0.15) is 0 Å². The number of hydrogen-bond donors (Lipinski definition) is 1. The quantitative estimate of drug-likeness (QED) is 0.900. The zero-order chi connectivity index (χ0) is 11.4. The molecule has 17 heavy (non-hydrogen) atoms. The first-order valence-corrected chi connectivity index (χ1v) is 5.89. The molecule has 1 aromatic carbocycles. The molecule has 4 heteroatoms. The topological polar surface area (TPSA) is 30.5 Å². The average molecular weight is 258 g/mol. The lowest BCUT2D eigenvalue weighted by Crippen LogP contribution is -2.13. The molecule has 1 heterocycles. The van der Waals surface area contributed by atoms with Gasteiger partial charge in [0.05, 0.1) is 13.7 Å². The van der Waals surface area contributed by atoms with Gasteiger partial charge < -0.3 is 14.8 Å². The molecule has 96 valence electrons. The Kier molecular flexibility index (Phi) is 5.59. The van der Waals surface area contributed by atoms with Crippen molar-refractivity contribution in [3.63, 3.8) is 0 Å². The molecule has 0 bridgehead atoms. The molecule has 1 fully saturated rings. The van der Waals surface area contributed by atoms with Crippen molar-refractivity contribution < 1.29 is 9.47 Å². The number of methoxy groups -OCH3 is 1.